The summed E-state index contributed by atoms with van der Waals surface area (Å²) in [7, 11) is 2.15. The monoisotopic (exact) mass is 363 g/mol. The van der Waals surface area contributed by atoms with Gasteiger partial charge in [-0.15, -0.1) is 0 Å². The molecule has 2 aromatic rings. The van der Waals surface area contributed by atoms with E-state index in [1.165, 1.54) is 5.56 Å². The maximum atomic E-state index is 12.4. The number of carbonyl (C=O) groups is 1. The zero-order valence-corrected chi connectivity index (χ0v) is 15.3. The number of piperazine rings is 1. The SMILES string of the molecule is CN1CCN([C@@H](CNC(=O)c2ccc(Cl)cc2)c2ccsc2)CC1. The lowest BCUT2D eigenvalue weighted by Gasteiger charge is -2.38. The van der Waals surface area contributed by atoms with Crippen molar-refractivity contribution in [1.29, 1.82) is 0 Å². The first-order chi connectivity index (χ1) is 11.6. The van der Waals surface area contributed by atoms with Crippen LogP contribution in [0.1, 0.15) is 22.0 Å². The Labute approximate surface area is 152 Å². The van der Waals surface area contributed by atoms with Crippen molar-refractivity contribution >= 4 is 28.8 Å². The highest BCUT2D eigenvalue weighted by molar-refractivity contribution is 7.07. The third kappa shape index (κ3) is 4.36. The number of nitrogens with one attached hydrogen (secondary N) is 1. The Balaban J connectivity index is 1.66. The maximum Gasteiger partial charge on any atom is 0.251 e. The number of nitrogens with zero attached hydrogens (tertiary/aromatic N) is 2. The fourth-order valence-corrected chi connectivity index (χ4v) is 3.78. The molecule has 1 fully saturated rings. The molecular weight excluding hydrogens is 342 g/mol. The second-order valence-corrected chi connectivity index (χ2v) is 7.35. The molecule has 128 valence electrons. The van der Waals surface area contributed by atoms with Gasteiger partial charge in [0.25, 0.3) is 5.91 Å². The van der Waals surface area contributed by atoms with E-state index in [0.29, 0.717) is 17.1 Å². The summed E-state index contributed by atoms with van der Waals surface area (Å²) in [5, 5.41) is 8.00. The van der Waals surface area contributed by atoms with Crippen LogP contribution in [0.2, 0.25) is 5.02 Å². The highest BCUT2D eigenvalue weighted by Gasteiger charge is 2.24. The van der Waals surface area contributed by atoms with E-state index >= 15 is 0 Å². The zero-order valence-electron chi connectivity index (χ0n) is 13.7. The van der Waals surface area contributed by atoms with Crippen LogP contribution in [-0.2, 0) is 0 Å². The third-order valence-corrected chi connectivity index (χ3v) is 5.42. The van der Waals surface area contributed by atoms with Gasteiger partial charge >= 0.3 is 0 Å². The Morgan fingerprint density at radius 2 is 1.92 bits per heavy atom. The summed E-state index contributed by atoms with van der Waals surface area (Å²) in [4.78, 5) is 17.2. The summed E-state index contributed by atoms with van der Waals surface area (Å²) in [6, 6.07) is 9.38. The highest BCUT2D eigenvalue weighted by atomic mass is 35.5. The number of carbonyl (C=O) groups excluding carboxylic acids is 1. The van der Waals surface area contributed by atoms with Gasteiger partial charge in [0.15, 0.2) is 0 Å². The molecule has 0 aliphatic carbocycles. The van der Waals surface area contributed by atoms with E-state index in [4.69, 9.17) is 11.6 Å². The highest BCUT2D eigenvalue weighted by Crippen LogP contribution is 2.23. The van der Waals surface area contributed by atoms with E-state index < -0.39 is 0 Å². The van der Waals surface area contributed by atoms with Crippen molar-refractivity contribution < 1.29 is 4.79 Å². The van der Waals surface area contributed by atoms with Gasteiger partial charge in [0.05, 0.1) is 6.04 Å². The minimum absolute atomic E-state index is 0.0546. The number of hydrogen-bond donors (Lipinski definition) is 1. The van der Waals surface area contributed by atoms with Crippen molar-refractivity contribution in [3.63, 3.8) is 0 Å². The molecular formula is C18H22ClN3OS. The third-order valence-electron chi connectivity index (χ3n) is 4.47. The first-order valence-electron chi connectivity index (χ1n) is 8.12. The van der Waals surface area contributed by atoms with Crippen molar-refractivity contribution in [2.24, 2.45) is 0 Å². The van der Waals surface area contributed by atoms with Crippen LogP contribution >= 0.6 is 22.9 Å². The van der Waals surface area contributed by atoms with Crippen molar-refractivity contribution in [2.45, 2.75) is 6.04 Å². The van der Waals surface area contributed by atoms with Crippen LogP contribution in [0, 0.1) is 0 Å². The molecule has 1 saturated heterocycles. The Morgan fingerprint density at radius 3 is 2.54 bits per heavy atom. The molecule has 1 amide bonds. The predicted molar refractivity (Wildman–Crippen MR) is 99.9 cm³/mol. The number of benzene rings is 1. The van der Waals surface area contributed by atoms with Crippen LogP contribution in [0.15, 0.2) is 41.1 Å². The van der Waals surface area contributed by atoms with Gasteiger partial charge in [0, 0.05) is 43.3 Å². The topological polar surface area (TPSA) is 35.6 Å². The van der Waals surface area contributed by atoms with Gasteiger partial charge in [-0.05, 0) is 53.7 Å². The number of halogens is 1. The summed E-state index contributed by atoms with van der Waals surface area (Å²) in [6.45, 7) is 4.78. The van der Waals surface area contributed by atoms with Gasteiger partial charge < -0.3 is 10.2 Å². The lowest BCUT2D eigenvalue weighted by molar-refractivity contribution is 0.0887. The molecule has 0 spiro atoms. The van der Waals surface area contributed by atoms with Crippen LogP contribution in [0.3, 0.4) is 0 Å². The van der Waals surface area contributed by atoms with E-state index in [-0.39, 0.29) is 11.9 Å². The smallest absolute Gasteiger partial charge is 0.251 e. The van der Waals surface area contributed by atoms with Crippen LogP contribution < -0.4 is 5.32 Å². The van der Waals surface area contributed by atoms with Gasteiger partial charge in [-0.25, -0.2) is 0 Å². The van der Waals surface area contributed by atoms with Crippen molar-refractivity contribution in [2.75, 3.05) is 39.8 Å². The lowest BCUT2D eigenvalue weighted by atomic mass is 10.1. The van der Waals surface area contributed by atoms with Crippen LogP contribution in [0.4, 0.5) is 0 Å². The molecule has 3 rings (SSSR count). The molecule has 0 bridgehead atoms. The Kier molecular flexibility index (Phi) is 5.89. The normalized spacial score (nSPS) is 17.6. The average Bonchev–Trinajstić information content (AvgIpc) is 3.11. The fraction of sp³-hybridized carbons (Fsp3) is 0.389. The molecule has 1 atom stereocenters. The number of hydrogen-bond acceptors (Lipinski definition) is 4. The van der Waals surface area contributed by atoms with E-state index in [1.807, 2.05) is 0 Å². The molecule has 1 N–H and O–H groups in total. The molecule has 6 heteroatoms. The Morgan fingerprint density at radius 1 is 1.21 bits per heavy atom. The van der Waals surface area contributed by atoms with E-state index in [0.717, 1.165) is 26.2 Å². The second kappa shape index (κ2) is 8.12. The average molecular weight is 364 g/mol. The number of likely N-dealkylation sites (N-methyl/N-ethyl adjacent to an activating group) is 1. The largest absolute Gasteiger partial charge is 0.350 e. The number of thiophene rings is 1. The standard InChI is InChI=1S/C18H22ClN3OS/c1-21-7-9-22(10-8-21)17(15-6-11-24-13-15)12-20-18(23)14-2-4-16(19)5-3-14/h2-6,11,13,17H,7-10,12H2,1H3,(H,20,23)/t17-/m0/s1. The van der Waals surface area contributed by atoms with Gasteiger partial charge in [-0.3, -0.25) is 9.69 Å². The summed E-state index contributed by atoms with van der Waals surface area (Å²) < 4.78 is 0. The zero-order chi connectivity index (χ0) is 16.9. The maximum absolute atomic E-state index is 12.4. The molecule has 4 nitrogen and oxygen atoms in total. The summed E-state index contributed by atoms with van der Waals surface area (Å²) in [5.74, 6) is -0.0546. The molecule has 1 aliphatic heterocycles. The van der Waals surface area contributed by atoms with Crippen LogP contribution in [-0.4, -0.2) is 55.5 Å². The van der Waals surface area contributed by atoms with Gasteiger partial charge in [0.2, 0.25) is 0 Å². The van der Waals surface area contributed by atoms with Gasteiger partial charge in [-0.2, -0.15) is 11.3 Å². The molecule has 0 unspecified atom stereocenters. The van der Waals surface area contributed by atoms with Gasteiger partial charge in [0.1, 0.15) is 0 Å². The summed E-state index contributed by atoms with van der Waals surface area (Å²) >= 11 is 7.58. The molecule has 24 heavy (non-hydrogen) atoms. The van der Waals surface area contributed by atoms with Crippen LogP contribution in [0.5, 0.6) is 0 Å². The second-order valence-electron chi connectivity index (χ2n) is 6.13. The Hall–Kier alpha value is -1.40. The molecule has 1 aliphatic rings. The minimum atomic E-state index is -0.0546. The van der Waals surface area contributed by atoms with Crippen molar-refractivity contribution in [3.05, 3.63) is 57.2 Å². The van der Waals surface area contributed by atoms with Crippen LogP contribution in [0.25, 0.3) is 0 Å². The summed E-state index contributed by atoms with van der Waals surface area (Å²) in [5.41, 5.74) is 1.92. The van der Waals surface area contributed by atoms with E-state index in [2.05, 4.69) is 39.0 Å². The first-order valence-corrected chi connectivity index (χ1v) is 9.44. The quantitative estimate of drug-likeness (QED) is 0.886. The van der Waals surface area contributed by atoms with E-state index in [9.17, 15) is 4.79 Å². The first kappa shape index (κ1) is 17.4. The molecule has 2 heterocycles. The van der Waals surface area contributed by atoms with E-state index in [1.54, 1.807) is 35.6 Å². The lowest BCUT2D eigenvalue weighted by Crippen LogP contribution is -2.48. The molecule has 0 saturated carbocycles. The van der Waals surface area contributed by atoms with Crippen molar-refractivity contribution in [1.82, 2.24) is 15.1 Å². The minimum Gasteiger partial charge on any atom is -0.350 e. The molecule has 1 aromatic heterocycles. The fourth-order valence-electron chi connectivity index (χ4n) is 2.95. The Bertz CT molecular complexity index is 651. The predicted octanol–water partition coefficient (Wildman–Crippen LogP) is 3.12. The summed E-state index contributed by atoms with van der Waals surface area (Å²) in [6.07, 6.45) is 0. The number of amides is 1. The molecule has 1 aromatic carbocycles. The molecule has 0 radical (unpaired) electrons. The van der Waals surface area contributed by atoms with Crippen molar-refractivity contribution in [3.8, 4) is 0 Å². The van der Waals surface area contributed by atoms with Gasteiger partial charge in [-0.1, -0.05) is 11.6 Å². The number of rotatable bonds is 5.